The van der Waals surface area contributed by atoms with Gasteiger partial charge >= 0.3 is 0 Å². The van der Waals surface area contributed by atoms with Gasteiger partial charge in [-0.3, -0.25) is 15.4 Å². The number of hydrogen-bond acceptors (Lipinski definition) is 4. The second-order valence-electron chi connectivity index (χ2n) is 4.63. The van der Waals surface area contributed by atoms with Crippen molar-refractivity contribution in [2.24, 2.45) is 11.8 Å². The Balaban J connectivity index is 1.82. The number of para-hydroxylation sites is 1. The summed E-state index contributed by atoms with van der Waals surface area (Å²) in [7, 11) is 0. The van der Waals surface area contributed by atoms with Crippen LogP contribution in [-0.2, 0) is 4.79 Å². The van der Waals surface area contributed by atoms with Gasteiger partial charge in [0.2, 0.25) is 5.91 Å². The highest BCUT2D eigenvalue weighted by molar-refractivity contribution is 5.99. The van der Waals surface area contributed by atoms with E-state index in [1.165, 1.54) is 18.2 Å². The quantitative estimate of drug-likeness (QED) is 0.344. The van der Waals surface area contributed by atoms with Crippen molar-refractivity contribution in [2.75, 3.05) is 18.5 Å². The predicted octanol–water partition coefficient (Wildman–Crippen LogP) is 0.367. The Hall–Kier alpha value is -2.15. The molecule has 2 amide bonds. The Morgan fingerprint density at radius 3 is 2.60 bits per heavy atom. The fourth-order valence-electron chi connectivity index (χ4n) is 1.81. The molecule has 5 N–H and O–H groups in total. The molecule has 6 nitrogen and oxygen atoms in total. The molecule has 0 bridgehead atoms. The molecule has 0 heterocycles. The molecule has 0 saturated heterocycles. The number of amides is 2. The first-order chi connectivity index (χ1) is 9.63. The minimum atomic E-state index is -0.595. The van der Waals surface area contributed by atoms with Crippen LogP contribution in [0, 0.1) is 11.7 Å². The molecule has 0 aliphatic heterocycles. The van der Waals surface area contributed by atoms with Gasteiger partial charge in [0.1, 0.15) is 5.82 Å². The zero-order chi connectivity index (χ0) is 14.5. The lowest BCUT2D eigenvalue weighted by molar-refractivity contribution is -0.122. The zero-order valence-electron chi connectivity index (χ0n) is 10.9. The maximum absolute atomic E-state index is 13.4. The van der Waals surface area contributed by atoms with Gasteiger partial charge in [-0.15, -0.1) is 0 Å². The van der Waals surface area contributed by atoms with Crippen molar-refractivity contribution in [1.29, 1.82) is 0 Å². The topological polar surface area (TPSA) is 96.2 Å². The van der Waals surface area contributed by atoms with Crippen molar-refractivity contribution in [1.82, 2.24) is 10.6 Å². The SMILES string of the molecule is NNc1c(F)cccc1C(=O)NCCNC(=O)C1CC1. The lowest BCUT2D eigenvalue weighted by Gasteiger charge is -2.10. The van der Waals surface area contributed by atoms with E-state index in [1.807, 2.05) is 0 Å². The van der Waals surface area contributed by atoms with Gasteiger partial charge in [-0.05, 0) is 25.0 Å². The van der Waals surface area contributed by atoms with Crippen LogP contribution in [0.15, 0.2) is 18.2 Å². The molecule has 1 aromatic carbocycles. The summed E-state index contributed by atoms with van der Waals surface area (Å²) in [5.41, 5.74) is 2.25. The monoisotopic (exact) mass is 280 g/mol. The maximum Gasteiger partial charge on any atom is 0.253 e. The largest absolute Gasteiger partial charge is 0.354 e. The second kappa shape index (κ2) is 6.33. The molecule has 1 aliphatic carbocycles. The van der Waals surface area contributed by atoms with Gasteiger partial charge < -0.3 is 16.1 Å². The number of hydrogen-bond donors (Lipinski definition) is 4. The zero-order valence-corrected chi connectivity index (χ0v) is 10.9. The highest BCUT2D eigenvalue weighted by atomic mass is 19.1. The van der Waals surface area contributed by atoms with Crippen LogP contribution in [0.25, 0.3) is 0 Å². The number of carbonyl (C=O) groups is 2. The Bertz CT molecular complexity index is 517. The van der Waals surface area contributed by atoms with Gasteiger partial charge in [0.25, 0.3) is 5.91 Å². The Morgan fingerprint density at radius 1 is 1.25 bits per heavy atom. The second-order valence-corrected chi connectivity index (χ2v) is 4.63. The van der Waals surface area contributed by atoms with Crippen LogP contribution in [-0.4, -0.2) is 24.9 Å². The van der Waals surface area contributed by atoms with Gasteiger partial charge in [-0.25, -0.2) is 4.39 Å². The first-order valence-corrected chi connectivity index (χ1v) is 6.44. The fraction of sp³-hybridized carbons (Fsp3) is 0.385. The first kappa shape index (κ1) is 14.3. The highest BCUT2D eigenvalue weighted by Crippen LogP contribution is 2.28. The molecule has 108 valence electrons. The summed E-state index contributed by atoms with van der Waals surface area (Å²) in [6.07, 6.45) is 1.88. The maximum atomic E-state index is 13.4. The summed E-state index contributed by atoms with van der Waals surface area (Å²) < 4.78 is 13.4. The molecule has 0 spiro atoms. The van der Waals surface area contributed by atoms with E-state index in [2.05, 4.69) is 16.1 Å². The molecule has 1 saturated carbocycles. The van der Waals surface area contributed by atoms with Gasteiger partial charge in [-0.2, -0.15) is 0 Å². The number of nitrogens with one attached hydrogen (secondary N) is 3. The van der Waals surface area contributed by atoms with Gasteiger partial charge in [-0.1, -0.05) is 6.07 Å². The average Bonchev–Trinajstić information content (AvgIpc) is 3.27. The predicted molar refractivity (Wildman–Crippen MR) is 72.3 cm³/mol. The number of anilines is 1. The van der Waals surface area contributed by atoms with Crippen LogP contribution in [0.3, 0.4) is 0 Å². The third kappa shape index (κ3) is 3.45. The Morgan fingerprint density at radius 2 is 1.95 bits per heavy atom. The number of nitrogen functional groups attached to an aromatic ring is 1. The van der Waals surface area contributed by atoms with Crippen molar-refractivity contribution in [3.05, 3.63) is 29.6 Å². The van der Waals surface area contributed by atoms with Crippen LogP contribution < -0.4 is 21.9 Å². The third-order valence-corrected chi connectivity index (χ3v) is 3.06. The van der Waals surface area contributed by atoms with Gasteiger partial charge in [0, 0.05) is 19.0 Å². The van der Waals surface area contributed by atoms with E-state index < -0.39 is 11.7 Å². The Labute approximate surface area is 115 Å². The molecule has 0 aromatic heterocycles. The first-order valence-electron chi connectivity index (χ1n) is 6.44. The minimum absolute atomic E-state index is 0.0225. The summed E-state index contributed by atoms with van der Waals surface area (Å²) in [4.78, 5) is 23.2. The van der Waals surface area contributed by atoms with Crippen molar-refractivity contribution < 1.29 is 14.0 Å². The van der Waals surface area contributed by atoms with Gasteiger partial charge in [0.05, 0.1) is 11.3 Å². The Kier molecular flexibility index (Phi) is 4.52. The molecule has 1 aliphatic rings. The number of rotatable bonds is 6. The van der Waals surface area contributed by atoms with E-state index in [9.17, 15) is 14.0 Å². The van der Waals surface area contributed by atoms with E-state index in [0.717, 1.165) is 12.8 Å². The fourth-order valence-corrected chi connectivity index (χ4v) is 1.81. The smallest absolute Gasteiger partial charge is 0.253 e. The summed E-state index contributed by atoms with van der Waals surface area (Å²) >= 11 is 0. The van der Waals surface area contributed by atoms with Crippen LogP contribution in [0.5, 0.6) is 0 Å². The van der Waals surface area contributed by atoms with Crippen LogP contribution in [0.4, 0.5) is 10.1 Å². The molecule has 20 heavy (non-hydrogen) atoms. The van der Waals surface area contributed by atoms with Crippen molar-refractivity contribution in [3.63, 3.8) is 0 Å². The normalized spacial score (nSPS) is 13.7. The summed E-state index contributed by atoms with van der Waals surface area (Å²) in [6, 6.07) is 4.11. The highest BCUT2D eigenvalue weighted by Gasteiger charge is 2.29. The standard InChI is InChI=1S/C13H17FN4O2/c14-10-3-1-2-9(11(10)18-15)13(20)17-7-6-16-12(19)8-4-5-8/h1-3,8,18H,4-7,15H2,(H,16,19)(H,17,20). The van der Waals surface area contributed by atoms with Crippen molar-refractivity contribution in [3.8, 4) is 0 Å². The summed E-state index contributed by atoms with van der Waals surface area (Å²) in [5.74, 6) is 4.32. The number of hydrazine groups is 1. The molecular weight excluding hydrogens is 263 g/mol. The number of halogens is 1. The van der Waals surface area contributed by atoms with E-state index in [4.69, 9.17) is 5.84 Å². The molecule has 0 radical (unpaired) electrons. The molecule has 0 atom stereocenters. The lowest BCUT2D eigenvalue weighted by atomic mass is 10.1. The summed E-state index contributed by atoms with van der Waals surface area (Å²) in [6.45, 7) is 0.625. The average molecular weight is 280 g/mol. The minimum Gasteiger partial charge on any atom is -0.354 e. The van der Waals surface area contributed by atoms with Crippen molar-refractivity contribution >= 4 is 17.5 Å². The number of carbonyl (C=O) groups excluding carboxylic acids is 2. The molecule has 2 rings (SSSR count). The number of benzene rings is 1. The molecule has 7 heteroatoms. The van der Waals surface area contributed by atoms with Crippen LogP contribution >= 0.6 is 0 Å². The molecule has 0 unspecified atom stereocenters. The van der Waals surface area contributed by atoms with Crippen LogP contribution in [0.1, 0.15) is 23.2 Å². The van der Waals surface area contributed by atoms with E-state index in [0.29, 0.717) is 6.54 Å². The van der Waals surface area contributed by atoms with Crippen LogP contribution in [0.2, 0.25) is 0 Å². The molecule has 1 fully saturated rings. The van der Waals surface area contributed by atoms with E-state index in [-0.39, 0.29) is 29.6 Å². The van der Waals surface area contributed by atoms with Crippen molar-refractivity contribution in [2.45, 2.75) is 12.8 Å². The third-order valence-electron chi connectivity index (χ3n) is 3.06. The number of nitrogens with two attached hydrogens (primary N) is 1. The van der Waals surface area contributed by atoms with Gasteiger partial charge in [0.15, 0.2) is 0 Å². The molecular formula is C13H17FN4O2. The summed E-state index contributed by atoms with van der Waals surface area (Å²) in [5, 5.41) is 5.32. The van der Waals surface area contributed by atoms with E-state index >= 15 is 0 Å². The molecule has 1 aromatic rings. The lowest BCUT2D eigenvalue weighted by Crippen LogP contribution is -2.35. The van der Waals surface area contributed by atoms with E-state index in [1.54, 1.807) is 0 Å².